The summed E-state index contributed by atoms with van der Waals surface area (Å²) >= 11 is 5.63. The topological polar surface area (TPSA) is 145 Å². The number of nitrogens with two attached hydrogens (primary N) is 1. The number of aromatic nitrogens is 2. The Morgan fingerprint density at radius 1 is 1.32 bits per heavy atom. The van der Waals surface area contributed by atoms with E-state index in [9.17, 15) is 27.2 Å². The minimum atomic E-state index is -5.31. The molecule has 2 rings (SSSR count). The van der Waals surface area contributed by atoms with E-state index in [2.05, 4.69) is 35.6 Å². The maximum atomic E-state index is 13.3. The highest BCUT2D eigenvalue weighted by atomic mass is 35.5. The molecule has 0 atom stereocenters. The van der Waals surface area contributed by atoms with Gasteiger partial charge in [-0.05, 0) is 23.4 Å². The zero-order valence-electron chi connectivity index (χ0n) is 13.4. The SMILES string of the molecule is NC(=O)NCc1nonc1C(=NOC(=O)C(F)(F)F)Nc1ccc(F)c(Cl)c1. The molecule has 150 valence electrons. The number of amides is 2. The van der Waals surface area contributed by atoms with Crippen molar-refractivity contribution in [3.8, 4) is 0 Å². The molecule has 4 N–H and O–H groups in total. The van der Waals surface area contributed by atoms with E-state index in [1.54, 1.807) is 0 Å². The van der Waals surface area contributed by atoms with Crippen molar-refractivity contribution < 1.29 is 36.6 Å². The number of rotatable bonds is 5. The number of benzene rings is 1. The molecule has 1 heterocycles. The molecular weight excluding hydrogens is 416 g/mol. The highest BCUT2D eigenvalue weighted by Crippen LogP contribution is 2.21. The predicted octanol–water partition coefficient (Wildman–Crippen LogP) is 1.91. The van der Waals surface area contributed by atoms with Gasteiger partial charge in [0, 0.05) is 5.69 Å². The third-order valence-electron chi connectivity index (χ3n) is 2.84. The number of nitrogens with one attached hydrogen (secondary N) is 2. The van der Waals surface area contributed by atoms with Crippen LogP contribution in [0, 0.1) is 5.82 Å². The Kier molecular flexibility index (Phi) is 6.35. The van der Waals surface area contributed by atoms with Gasteiger partial charge in [-0.1, -0.05) is 21.9 Å². The third-order valence-corrected chi connectivity index (χ3v) is 3.13. The number of primary amides is 1. The number of anilines is 1. The van der Waals surface area contributed by atoms with Gasteiger partial charge in [0.1, 0.15) is 11.5 Å². The number of amidine groups is 1. The summed E-state index contributed by atoms with van der Waals surface area (Å²) in [6, 6.07) is 2.26. The van der Waals surface area contributed by atoms with Crippen molar-refractivity contribution in [2.75, 3.05) is 5.32 Å². The number of nitrogens with zero attached hydrogens (tertiary/aromatic N) is 3. The fourth-order valence-corrected chi connectivity index (χ4v) is 1.83. The van der Waals surface area contributed by atoms with E-state index in [1.165, 1.54) is 0 Å². The largest absolute Gasteiger partial charge is 0.493 e. The van der Waals surface area contributed by atoms with Crippen LogP contribution in [0.5, 0.6) is 0 Å². The van der Waals surface area contributed by atoms with Crippen LogP contribution in [0.2, 0.25) is 5.02 Å². The molecule has 15 heteroatoms. The van der Waals surface area contributed by atoms with Gasteiger partial charge in [0.2, 0.25) is 5.84 Å². The molecule has 28 heavy (non-hydrogen) atoms. The van der Waals surface area contributed by atoms with Gasteiger partial charge in [-0.15, -0.1) is 0 Å². The van der Waals surface area contributed by atoms with Gasteiger partial charge < -0.3 is 21.2 Å². The Hall–Kier alpha value is -3.42. The number of carbonyl (C=O) groups is 2. The molecule has 0 aliphatic heterocycles. The van der Waals surface area contributed by atoms with Crippen LogP contribution in [0.25, 0.3) is 0 Å². The Morgan fingerprint density at radius 3 is 2.64 bits per heavy atom. The Bertz CT molecular complexity index is 917. The van der Waals surface area contributed by atoms with Gasteiger partial charge >= 0.3 is 18.2 Å². The van der Waals surface area contributed by atoms with Crippen LogP contribution in [0.1, 0.15) is 11.4 Å². The van der Waals surface area contributed by atoms with E-state index in [0.29, 0.717) is 0 Å². The summed E-state index contributed by atoms with van der Waals surface area (Å²) in [5, 5.41) is 14.2. The van der Waals surface area contributed by atoms with Crippen LogP contribution in [-0.2, 0) is 16.2 Å². The summed E-state index contributed by atoms with van der Waals surface area (Å²) < 4.78 is 54.7. The van der Waals surface area contributed by atoms with Crippen LogP contribution in [0.15, 0.2) is 28.0 Å². The van der Waals surface area contributed by atoms with Gasteiger partial charge in [-0.25, -0.2) is 18.6 Å². The number of alkyl halides is 3. The molecule has 0 spiro atoms. The zero-order valence-corrected chi connectivity index (χ0v) is 14.1. The lowest BCUT2D eigenvalue weighted by atomic mass is 10.2. The Morgan fingerprint density at radius 2 is 2.04 bits per heavy atom. The number of oxime groups is 1. The van der Waals surface area contributed by atoms with Gasteiger partial charge in [-0.3, -0.25) is 0 Å². The van der Waals surface area contributed by atoms with Crippen molar-refractivity contribution in [3.63, 3.8) is 0 Å². The fraction of sp³-hybridized carbons (Fsp3) is 0.154. The van der Waals surface area contributed by atoms with Gasteiger partial charge in [0.15, 0.2) is 5.69 Å². The number of halogens is 5. The molecular formula is C13H9ClF4N6O4. The maximum Gasteiger partial charge on any atom is 0.493 e. The summed E-state index contributed by atoms with van der Waals surface area (Å²) in [6.45, 7) is -0.341. The molecule has 0 saturated carbocycles. The van der Waals surface area contributed by atoms with E-state index in [4.69, 9.17) is 17.3 Å². The summed E-state index contributed by atoms with van der Waals surface area (Å²) in [5.74, 6) is -3.95. The number of hydrogen-bond donors (Lipinski definition) is 3. The molecule has 10 nitrogen and oxygen atoms in total. The van der Waals surface area contributed by atoms with Crippen molar-refractivity contribution in [2.24, 2.45) is 10.9 Å². The minimum absolute atomic E-state index is 0.0463. The first kappa shape index (κ1) is 20.9. The molecule has 0 radical (unpaired) electrons. The van der Waals surface area contributed by atoms with Crippen LogP contribution in [-0.4, -0.2) is 34.3 Å². The molecule has 0 bridgehead atoms. The zero-order chi connectivity index (χ0) is 20.9. The second-order valence-electron chi connectivity index (χ2n) is 4.85. The van der Waals surface area contributed by atoms with Crippen LogP contribution in [0.4, 0.5) is 28.0 Å². The molecule has 1 aromatic carbocycles. The van der Waals surface area contributed by atoms with Crippen molar-refractivity contribution in [3.05, 3.63) is 40.4 Å². The average Bonchev–Trinajstić information content (AvgIpc) is 3.07. The van der Waals surface area contributed by atoms with Crippen molar-refractivity contribution in [2.45, 2.75) is 12.7 Å². The lowest BCUT2D eigenvalue weighted by molar-refractivity contribution is -0.199. The fourth-order valence-electron chi connectivity index (χ4n) is 1.65. The first-order chi connectivity index (χ1) is 13.1. The van der Waals surface area contributed by atoms with Crippen molar-refractivity contribution in [1.82, 2.24) is 15.6 Å². The first-order valence-corrected chi connectivity index (χ1v) is 7.39. The summed E-state index contributed by atoms with van der Waals surface area (Å²) in [6.07, 6.45) is -5.31. The molecule has 0 aliphatic rings. The lowest BCUT2D eigenvalue weighted by Crippen LogP contribution is -2.30. The summed E-state index contributed by atoms with van der Waals surface area (Å²) in [7, 11) is 0. The van der Waals surface area contributed by atoms with E-state index >= 15 is 0 Å². The molecule has 0 fully saturated rings. The maximum absolute atomic E-state index is 13.3. The van der Waals surface area contributed by atoms with Gasteiger partial charge in [0.25, 0.3) is 0 Å². The molecule has 0 unspecified atom stereocenters. The van der Waals surface area contributed by atoms with Crippen LogP contribution < -0.4 is 16.4 Å². The smallest absolute Gasteiger partial charge is 0.352 e. The summed E-state index contributed by atoms with van der Waals surface area (Å²) in [4.78, 5) is 25.5. The minimum Gasteiger partial charge on any atom is -0.352 e. The highest BCUT2D eigenvalue weighted by Gasteiger charge is 2.42. The van der Waals surface area contributed by atoms with Crippen molar-refractivity contribution in [1.29, 1.82) is 0 Å². The standard InChI is InChI=1S/C13H9ClF4N6O4/c14-6-3-5(1-2-7(6)15)21-10(24-27-11(25)13(16,17)18)9-8(22-28-23-9)4-20-12(19)26/h1-3H,4H2,(H,21,24)(H3,19,20,26). The molecule has 1 aromatic heterocycles. The Balaban J connectivity index is 2.36. The number of urea groups is 1. The average molecular weight is 425 g/mol. The molecule has 2 aromatic rings. The van der Waals surface area contributed by atoms with E-state index < -0.39 is 29.8 Å². The number of hydrogen-bond acceptors (Lipinski definition) is 7. The highest BCUT2D eigenvalue weighted by molar-refractivity contribution is 6.31. The normalized spacial score (nSPS) is 11.8. The first-order valence-electron chi connectivity index (χ1n) is 7.01. The third kappa shape index (κ3) is 5.54. The monoisotopic (exact) mass is 424 g/mol. The molecule has 0 saturated heterocycles. The van der Waals surface area contributed by atoms with Gasteiger partial charge in [0.05, 0.1) is 11.6 Å². The van der Waals surface area contributed by atoms with E-state index in [-0.39, 0.29) is 28.6 Å². The molecule has 0 aliphatic carbocycles. The second kappa shape index (κ2) is 8.51. The number of carbonyl (C=O) groups excluding carboxylic acids is 2. The quantitative estimate of drug-likeness (QED) is 0.218. The summed E-state index contributed by atoms with van der Waals surface area (Å²) in [5.41, 5.74) is 4.51. The van der Waals surface area contributed by atoms with E-state index in [0.717, 1.165) is 18.2 Å². The Labute approximate surface area is 157 Å². The predicted molar refractivity (Wildman–Crippen MR) is 84.4 cm³/mol. The van der Waals surface area contributed by atoms with E-state index in [1.807, 2.05) is 0 Å². The second-order valence-corrected chi connectivity index (χ2v) is 5.25. The van der Waals surface area contributed by atoms with Crippen LogP contribution in [0.3, 0.4) is 0 Å². The van der Waals surface area contributed by atoms with Gasteiger partial charge in [-0.2, -0.15) is 13.2 Å². The molecule has 2 amide bonds. The lowest BCUT2D eigenvalue weighted by Gasteiger charge is -2.09. The van der Waals surface area contributed by atoms with Crippen molar-refractivity contribution >= 4 is 35.1 Å². The van der Waals surface area contributed by atoms with Crippen LogP contribution >= 0.6 is 11.6 Å².